The summed E-state index contributed by atoms with van der Waals surface area (Å²) in [7, 11) is -1.85. The summed E-state index contributed by atoms with van der Waals surface area (Å²) in [4.78, 5) is 24.1. The average molecular weight is 521 g/mol. The molecule has 0 spiro atoms. The highest BCUT2D eigenvalue weighted by molar-refractivity contribution is 6.74. The quantitative estimate of drug-likeness (QED) is 0.198. The molecule has 0 bridgehead atoms. The summed E-state index contributed by atoms with van der Waals surface area (Å²) in [5, 5.41) is 0.169. The highest BCUT2D eigenvalue weighted by atomic mass is 28.4. The van der Waals surface area contributed by atoms with Crippen LogP contribution in [0.4, 0.5) is 0 Å². The Morgan fingerprint density at radius 2 is 1.64 bits per heavy atom. The molecule has 0 aromatic heterocycles. The number of esters is 2. The van der Waals surface area contributed by atoms with Gasteiger partial charge in [0.1, 0.15) is 12.2 Å². The molecule has 206 valence electrons. The number of carbonyl (C=O) groups is 2. The maximum Gasteiger partial charge on any atom is 0.302 e. The van der Waals surface area contributed by atoms with Crippen molar-refractivity contribution in [2.75, 3.05) is 6.61 Å². The van der Waals surface area contributed by atoms with Crippen molar-refractivity contribution in [2.24, 2.45) is 28.6 Å². The topological polar surface area (TPSA) is 61.8 Å². The zero-order chi connectivity index (χ0) is 27.1. The van der Waals surface area contributed by atoms with E-state index in [4.69, 9.17) is 13.9 Å². The molecule has 0 amide bonds. The van der Waals surface area contributed by atoms with E-state index in [0.717, 1.165) is 58.0 Å². The van der Waals surface area contributed by atoms with Crippen molar-refractivity contribution in [3.8, 4) is 0 Å². The van der Waals surface area contributed by atoms with Gasteiger partial charge in [0.15, 0.2) is 8.32 Å². The van der Waals surface area contributed by atoms with Gasteiger partial charge < -0.3 is 13.9 Å². The zero-order valence-electron chi connectivity index (χ0n) is 24.5. The zero-order valence-corrected chi connectivity index (χ0v) is 25.5. The number of hydrogen-bond acceptors (Lipinski definition) is 5. The maximum atomic E-state index is 12.3. The number of fused-ring (bicyclic) bond motifs is 1. The molecule has 0 aromatic carbocycles. The number of ether oxygens (including phenoxy) is 2. The van der Waals surface area contributed by atoms with E-state index >= 15 is 0 Å². The van der Waals surface area contributed by atoms with Crippen LogP contribution in [0.5, 0.6) is 0 Å². The lowest BCUT2D eigenvalue weighted by Crippen LogP contribution is -2.54. The standard InChI is InChI=1S/C30H52O5Si/c1-20-11-12-25-27(35-22(3)32)26(14-17-29(20,25)7)30(8)16-13-24(34-21(2)31)19-23(30)15-18-33-36(9,10)28(4,5)6/h23-27H,1,11-19H2,2-10H3/t23-,24-,25+,26+,27-,29+,30-/m0/s1. The minimum Gasteiger partial charge on any atom is -0.463 e. The summed E-state index contributed by atoms with van der Waals surface area (Å²) in [5.74, 6) is 0.594. The molecule has 0 aromatic rings. The molecule has 3 aliphatic rings. The molecule has 3 saturated carbocycles. The lowest BCUT2D eigenvalue weighted by molar-refractivity contribution is -0.177. The summed E-state index contributed by atoms with van der Waals surface area (Å²) < 4.78 is 18.5. The van der Waals surface area contributed by atoms with Crippen LogP contribution in [0.15, 0.2) is 12.2 Å². The van der Waals surface area contributed by atoms with Crippen molar-refractivity contribution in [1.29, 1.82) is 0 Å². The van der Waals surface area contributed by atoms with Crippen LogP contribution in [0.1, 0.15) is 99.8 Å². The normalized spacial score (nSPS) is 37.4. The number of hydrogen-bond donors (Lipinski definition) is 0. The van der Waals surface area contributed by atoms with Gasteiger partial charge in [-0.25, -0.2) is 0 Å². The molecule has 0 N–H and O–H groups in total. The van der Waals surface area contributed by atoms with Gasteiger partial charge >= 0.3 is 11.9 Å². The SMILES string of the molecule is C=C1CC[C@@H]2[C@H](OC(C)=O)[C@H]([C@@]3(C)CC[C@H](OC(C)=O)C[C@@H]3CCO[Si](C)(C)C(C)(C)C)CC[C@]12C. The van der Waals surface area contributed by atoms with Gasteiger partial charge in [0.05, 0.1) is 0 Å². The fraction of sp³-hybridized carbons (Fsp3) is 0.867. The van der Waals surface area contributed by atoms with Crippen LogP contribution in [-0.2, 0) is 23.5 Å². The fourth-order valence-electron chi connectivity index (χ4n) is 7.38. The van der Waals surface area contributed by atoms with Crippen LogP contribution < -0.4 is 0 Å². The van der Waals surface area contributed by atoms with E-state index in [1.807, 2.05) is 0 Å². The van der Waals surface area contributed by atoms with Crippen LogP contribution >= 0.6 is 0 Å². The average Bonchev–Trinajstić information content (AvgIpc) is 3.04. The third-order valence-electron chi connectivity index (χ3n) is 10.9. The van der Waals surface area contributed by atoms with Crippen molar-refractivity contribution >= 4 is 20.3 Å². The Balaban J connectivity index is 1.88. The van der Waals surface area contributed by atoms with Gasteiger partial charge in [0.2, 0.25) is 0 Å². The van der Waals surface area contributed by atoms with E-state index in [2.05, 4.69) is 54.3 Å². The second-order valence-corrected chi connectivity index (χ2v) is 18.8. The van der Waals surface area contributed by atoms with Crippen LogP contribution in [0.2, 0.25) is 18.1 Å². The maximum absolute atomic E-state index is 12.3. The molecule has 0 radical (unpaired) electrons. The Hall–Kier alpha value is -1.14. The first-order chi connectivity index (χ1) is 16.5. The third kappa shape index (κ3) is 5.79. The second-order valence-electron chi connectivity index (χ2n) is 14.0. The van der Waals surface area contributed by atoms with Crippen LogP contribution in [0.25, 0.3) is 0 Å². The summed E-state index contributed by atoms with van der Waals surface area (Å²) in [5.41, 5.74) is 1.38. The molecule has 0 aliphatic heterocycles. The van der Waals surface area contributed by atoms with Crippen molar-refractivity contribution in [3.63, 3.8) is 0 Å². The Morgan fingerprint density at radius 3 is 2.22 bits per heavy atom. The molecule has 3 fully saturated rings. The molecule has 3 aliphatic carbocycles. The van der Waals surface area contributed by atoms with Gasteiger partial charge in [-0.05, 0) is 86.2 Å². The summed E-state index contributed by atoms with van der Waals surface area (Å²) in [6.07, 6.45) is 7.74. The largest absolute Gasteiger partial charge is 0.463 e. The molecular formula is C30H52O5Si. The molecule has 0 unspecified atom stereocenters. The van der Waals surface area contributed by atoms with E-state index in [0.29, 0.717) is 17.8 Å². The van der Waals surface area contributed by atoms with Gasteiger partial charge in [-0.15, -0.1) is 0 Å². The van der Waals surface area contributed by atoms with Crippen molar-refractivity contribution in [3.05, 3.63) is 12.2 Å². The molecule has 5 nitrogen and oxygen atoms in total. The van der Waals surface area contributed by atoms with Gasteiger partial charge in [0, 0.05) is 32.3 Å². The van der Waals surface area contributed by atoms with Crippen molar-refractivity contribution < 1.29 is 23.5 Å². The first-order valence-electron chi connectivity index (χ1n) is 14.2. The minimum atomic E-state index is -1.85. The van der Waals surface area contributed by atoms with Gasteiger partial charge in [0.25, 0.3) is 0 Å². The minimum absolute atomic E-state index is 0.00118. The third-order valence-corrected chi connectivity index (χ3v) is 15.4. The molecule has 3 rings (SSSR count). The van der Waals surface area contributed by atoms with E-state index < -0.39 is 8.32 Å². The van der Waals surface area contributed by atoms with E-state index in [-0.39, 0.29) is 40.0 Å². The predicted molar refractivity (Wildman–Crippen MR) is 147 cm³/mol. The molecule has 0 saturated heterocycles. The van der Waals surface area contributed by atoms with Crippen molar-refractivity contribution in [1.82, 2.24) is 0 Å². The molecule has 6 heteroatoms. The fourth-order valence-corrected chi connectivity index (χ4v) is 8.44. The van der Waals surface area contributed by atoms with E-state index in [9.17, 15) is 9.59 Å². The number of rotatable bonds is 7. The molecule has 36 heavy (non-hydrogen) atoms. The van der Waals surface area contributed by atoms with Gasteiger partial charge in [-0.3, -0.25) is 9.59 Å². The summed E-state index contributed by atoms with van der Waals surface area (Å²) in [6, 6.07) is 0. The van der Waals surface area contributed by atoms with Crippen LogP contribution in [0, 0.1) is 28.6 Å². The summed E-state index contributed by atoms with van der Waals surface area (Å²) in [6.45, 7) is 24.4. The first-order valence-corrected chi connectivity index (χ1v) is 17.1. The van der Waals surface area contributed by atoms with Crippen molar-refractivity contribution in [2.45, 2.75) is 130 Å². The Bertz CT molecular complexity index is 845. The van der Waals surface area contributed by atoms with E-state index in [1.165, 1.54) is 12.5 Å². The summed E-state index contributed by atoms with van der Waals surface area (Å²) >= 11 is 0. The monoisotopic (exact) mass is 520 g/mol. The number of allylic oxidation sites excluding steroid dienone is 1. The predicted octanol–water partition coefficient (Wildman–Crippen LogP) is 7.45. The Labute approximate surface area is 221 Å². The second kappa shape index (κ2) is 10.6. The lowest BCUT2D eigenvalue weighted by Gasteiger charge is -2.56. The Morgan fingerprint density at radius 1 is 1.00 bits per heavy atom. The smallest absolute Gasteiger partial charge is 0.302 e. The van der Waals surface area contributed by atoms with Gasteiger partial charge in [-0.2, -0.15) is 0 Å². The van der Waals surface area contributed by atoms with Crippen LogP contribution in [0.3, 0.4) is 0 Å². The highest BCUT2D eigenvalue weighted by Gasteiger charge is 2.58. The van der Waals surface area contributed by atoms with Gasteiger partial charge in [-0.1, -0.05) is 46.8 Å². The highest BCUT2D eigenvalue weighted by Crippen LogP contribution is 2.62. The Kier molecular flexibility index (Phi) is 8.62. The van der Waals surface area contributed by atoms with Crippen LogP contribution in [-0.4, -0.2) is 39.1 Å². The molecule has 0 heterocycles. The molecule has 7 atom stereocenters. The number of carbonyl (C=O) groups excluding carboxylic acids is 2. The molecular weight excluding hydrogens is 468 g/mol. The van der Waals surface area contributed by atoms with E-state index in [1.54, 1.807) is 6.92 Å². The lowest BCUT2D eigenvalue weighted by atomic mass is 9.51. The first kappa shape index (κ1) is 29.4.